The lowest BCUT2D eigenvalue weighted by atomic mass is 9.70. The van der Waals surface area contributed by atoms with Gasteiger partial charge in [0, 0.05) is 17.5 Å². The van der Waals surface area contributed by atoms with Gasteiger partial charge in [-0.2, -0.15) is 0 Å². The van der Waals surface area contributed by atoms with E-state index in [1.165, 1.54) is 4.88 Å². The third kappa shape index (κ3) is 3.81. The standard InChI is InChI=1S/C15H25NOS/c1-12(2)16-11-15(7-5-13(17)6-8-15)10-14-4-3-9-18-14/h3-4,9,12-13,16-17H,5-8,10-11H2,1-2H3. The molecule has 1 fully saturated rings. The number of hydrogen-bond acceptors (Lipinski definition) is 3. The molecule has 0 spiro atoms. The average Bonchev–Trinajstić information content (AvgIpc) is 2.83. The van der Waals surface area contributed by atoms with Crippen molar-refractivity contribution in [1.29, 1.82) is 0 Å². The summed E-state index contributed by atoms with van der Waals surface area (Å²) in [6, 6.07) is 4.92. The number of aliphatic hydroxyl groups excluding tert-OH is 1. The molecule has 0 aromatic carbocycles. The van der Waals surface area contributed by atoms with Crippen LogP contribution in [0.25, 0.3) is 0 Å². The van der Waals surface area contributed by atoms with Gasteiger partial charge in [-0.1, -0.05) is 19.9 Å². The molecule has 1 aromatic rings. The Morgan fingerprint density at radius 2 is 2.17 bits per heavy atom. The molecule has 0 radical (unpaired) electrons. The zero-order chi connectivity index (χ0) is 13.0. The molecule has 0 saturated heterocycles. The Kier molecular flexibility index (Phi) is 4.82. The molecule has 1 aromatic heterocycles. The van der Waals surface area contributed by atoms with Crippen LogP contribution in [0, 0.1) is 5.41 Å². The van der Waals surface area contributed by atoms with E-state index in [-0.39, 0.29) is 6.10 Å². The number of thiophene rings is 1. The number of nitrogens with one attached hydrogen (secondary N) is 1. The Hall–Kier alpha value is -0.380. The lowest BCUT2D eigenvalue weighted by Gasteiger charge is -2.39. The highest BCUT2D eigenvalue weighted by Gasteiger charge is 2.35. The summed E-state index contributed by atoms with van der Waals surface area (Å²) in [6.07, 6.45) is 5.31. The third-order valence-corrected chi connectivity index (χ3v) is 4.91. The summed E-state index contributed by atoms with van der Waals surface area (Å²) in [7, 11) is 0. The van der Waals surface area contributed by atoms with E-state index in [0.717, 1.165) is 38.6 Å². The Morgan fingerprint density at radius 1 is 1.44 bits per heavy atom. The molecule has 0 unspecified atom stereocenters. The van der Waals surface area contributed by atoms with Crippen molar-refractivity contribution in [3.63, 3.8) is 0 Å². The molecule has 1 aliphatic rings. The maximum atomic E-state index is 9.73. The van der Waals surface area contributed by atoms with E-state index in [4.69, 9.17) is 0 Å². The van der Waals surface area contributed by atoms with E-state index in [1.54, 1.807) is 0 Å². The first-order valence-corrected chi connectivity index (χ1v) is 7.91. The third-order valence-electron chi connectivity index (χ3n) is 4.03. The van der Waals surface area contributed by atoms with Crippen molar-refractivity contribution in [2.75, 3.05) is 6.54 Å². The average molecular weight is 267 g/mol. The highest BCUT2D eigenvalue weighted by atomic mass is 32.1. The smallest absolute Gasteiger partial charge is 0.0540 e. The van der Waals surface area contributed by atoms with E-state index in [2.05, 4.69) is 36.7 Å². The molecule has 1 heterocycles. The van der Waals surface area contributed by atoms with Crippen molar-refractivity contribution in [3.8, 4) is 0 Å². The first-order chi connectivity index (χ1) is 8.60. The normalized spacial score (nSPS) is 28.8. The van der Waals surface area contributed by atoms with Gasteiger partial charge in [0.05, 0.1) is 6.10 Å². The van der Waals surface area contributed by atoms with Crippen LogP contribution in [0.3, 0.4) is 0 Å². The van der Waals surface area contributed by atoms with Gasteiger partial charge in [-0.05, 0) is 49.0 Å². The second-order valence-corrected chi connectivity index (χ2v) is 7.06. The molecule has 2 nitrogen and oxygen atoms in total. The predicted molar refractivity (Wildman–Crippen MR) is 78.1 cm³/mol. The lowest BCUT2D eigenvalue weighted by molar-refractivity contribution is 0.0612. The minimum atomic E-state index is -0.0690. The van der Waals surface area contributed by atoms with Gasteiger partial charge in [-0.3, -0.25) is 0 Å². The molecular formula is C15H25NOS. The van der Waals surface area contributed by atoms with E-state index >= 15 is 0 Å². The molecule has 1 aliphatic carbocycles. The van der Waals surface area contributed by atoms with E-state index in [0.29, 0.717) is 11.5 Å². The van der Waals surface area contributed by atoms with Crippen LogP contribution in [0.5, 0.6) is 0 Å². The van der Waals surface area contributed by atoms with Crippen LogP contribution in [0.1, 0.15) is 44.4 Å². The molecule has 1 saturated carbocycles. The first-order valence-electron chi connectivity index (χ1n) is 7.03. The summed E-state index contributed by atoms with van der Waals surface area (Å²) in [4.78, 5) is 1.48. The van der Waals surface area contributed by atoms with Crippen LogP contribution in [-0.4, -0.2) is 23.8 Å². The van der Waals surface area contributed by atoms with Crippen LogP contribution < -0.4 is 5.32 Å². The van der Waals surface area contributed by atoms with Crippen LogP contribution in [0.2, 0.25) is 0 Å². The maximum Gasteiger partial charge on any atom is 0.0540 e. The molecule has 102 valence electrons. The zero-order valence-electron chi connectivity index (χ0n) is 11.5. The Bertz CT molecular complexity index is 339. The summed E-state index contributed by atoms with van der Waals surface area (Å²) in [5.74, 6) is 0. The molecule has 2 rings (SSSR count). The quantitative estimate of drug-likeness (QED) is 0.858. The fourth-order valence-electron chi connectivity index (χ4n) is 2.83. The zero-order valence-corrected chi connectivity index (χ0v) is 12.3. The van der Waals surface area contributed by atoms with Crippen LogP contribution in [-0.2, 0) is 6.42 Å². The fraction of sp³-hybridized carbons (Fsp3) is 0.733. The van der Waals surface area contributed by atoms with Crippen molar-refractivity contribution >= 4 is 11.3 Å². The second kappa shape index (κ2) is 6.18. The molecule has 0 aliphatic heterocycles. The van der Waals surface area contributed by atoms with Crippen molar-refractivity contribution in [1.82, 2.24) is 5.32 Å². The molecule has 18 heavy (non-hydrogen) atoms. The van der Waals surface area contributed by atoms with E-state index in [1.807, 2.05) is 11.3 Å². The van der Waals surface area contributed by atoms with Gasteiger partial charge in [0.15, 0.2) is 0 Å². The second-order valence-electron chi connectivity index (χ2n) is 6.02. The highest BCUT2D eigenvalue weighted by Crippen LogP contribution is 2.39. The monoisotopic (exact) mass is 267 g/mol. The van der Waals surface area contributed by atoms with Gasteiger partial charge in [-0.25, -0.2) is 0 Å². The number of aliphatic hydroxyl groups is 1. The van der Waals surface area contributed by atoms with Crippen molar-refractivity contribution in [2.24, 2.45) is 5.41 Å². The molecule has 2 N–H and O–H groups in total. The lowest BCUT2D eigenvalue weighted by Crippen LogP contribution is -2.42. The highest BCUT2D eigenvalue weighted by molar-refractivity contribution is 7.09. The Morgan fingerprint density at radius 3 is 2.72 bits per heavy atom. The summed E-state index contributed by atoms with van der Waals surface area (Å²) >= 11 is 1.86. The predicted octanol–water partition coefficient (Wildman–Crippen LogP) is 3.21. The van der Waals surface area contributed by atoms with Gasteiger partial charge in [0.1, 0.15) is 0 Å². The molecule has 3 heteroatoms. The number of rotatable bonds is 5. The van der Waals surface area contributed by atoms with E-state index < -0.39 is 0 Å². The Labute approximate surface area is 114 Å². The van der Waals surface area contributed by atoms with Crippen molar-refractivity contribution in [2.45, 2.75) is 58.1 Å². The largest absolute Gasteiger partial charge is 0.393 e. The summed E-state index contributed by atoms with van der Waals surface area (Å²) in [5.41, 5.74) is 0.356. The molecule has 0 bridgehead atoms. The Balaban J connectivity index is 2.02. The van der Waals surface area contributed by atoms with Gasteiger partial charge in [-0.15, -0.1) is 11.3 Å². The summed E-state index contributed by atoms with van der Waals surface area (Å²) in [5, 5.41) is 15.5. The van der Waals surface area contributed by atoms with Gasteiger partial charge < -0.3 is 10.4 Å². The van der Waals surface area contributed by atoms with Crippen molar-refractivity contribution in [3.05, 3.63) is 22.4 Å². The first kappa shape index (κ1) is 14.0. The van der Waals surface area contributed by atoms with Gasteiger partial charge in [0.2, 0.25) is 0 Å². The molecule has 0 amide bonds. The topological polar surface area (TPSA) is 32.3 Å². The summed E-state index contributed by atoms with van der Waals surface area (Å²) < 4.78 is 0. The number of hydrogen-bond donors (Lipinski definition) is 2. The SMILES string of the molecule is CC(C)NCC1(Cc2cccs2)CCC(O)CC1. The van der Waals surface area contributed by atoms with E-state index in [9.17, 15) is 5.11 Å². The van der Waals surface area contributed by atoms with Gasteiger partial charge in [0.25, 0.3) is 0 Å². The van der Waals surface area contributed by atoms with Crippen LogP contribution >= 0.6 is 11.3 Å². The summed E-state index contributed by atoms with van der Waals surface area (Å²) in [6.45, 7) is 5.49. The minimum absolute atomic E-state index is 0.0690. The van der Waals surface area contributed by atoms with Gasteiger partial charge >= 0.3 is 0 Å². The van der Waals surface area contributed by atoms with Crippen molar-refractivity contribution < 1.29 is 5.11 Å². The molecular weight excluding hydrogens is 242 g/mol. The fourth-order valence-corrected chi connectivity index (χ4v) is 3.71. The molecule has 0 atom stereocenters. The maximum absolute atomic E-state index is 9.73. The van der Waals surface area contributed by atoms with Crippen LogP contribution in [0.15, 0.2) is 17.5 Å². The van der Waals surface area contributed by atoms with Crippen LogP contribution in [0.4, 0.5) is 0 Å². The minimum Gasteiger partial charge on any atom is -0.393 e.